The van der Waals surface area contributed by atoms with E-state index in [4.69, 9.17) is 0 Å². The van der Waals surface area contributed by atoms with E-state index in [1.165, 1.54) is 11.1 Å². The fraction of sp³-hybridized carbons (Fsp3) is 0.143. The number of hydrogen-bond acceptors (Lipinski definition) is 0. The molecule has 18 heavy (non-hydrogen) atoms. The molecule has 0 aliphatic heterocycles. The van der Waals surface area contributed by atoms with Gasteiger partial charge in [-0.2, -0.15) is 0 Å². The van der Waals surface area contributed by atoms with Crippen molar-refractivity contribution in [3.8, 4) is 0 Å². The summed E-state index contributed by atoms with van der Waals surface area (Å²) in [6, 6.07) is 20.8. The first kappa shape index (κ1) is 20.4. The maximum absolute atomic E-state index is 2.69. The lowest BCUT2D eigenvalue weighted by atomic mass is 10.2. The first-order valence-corrected chi connectivity index (χ1v) is 6.98. The Hall–Kier alpha value is 0.0700. The Morgan fingerprint density at radius 3 is 1.06 bits per heavy atom. The molecule has 0 aromatic heterocycles. The summed E-state index contributed by atoms with van der Waals surface area (Å²) in [6.07, 6.45) is 2.11. The van der Waals surface area contributed by atoms with Gasteiger partial charge in [-0.1, -0.05) is 60.7 Å². The Morgan fingerprint density at radius 2 is 0.889 bits per heavy atom. The molecule has 2 aromatic rings. The van der Waals surface area contributed by atoms with Gasteiger partial charge >= 0.3 is 0 Å². The SMILES string of the molecule is Br.Cl.PCc1ccccc1.PCc1ccccc1. The molecule has 2 aromatic carbocycles. The highest BCUT2D eigenvalue weighted by Gasteiger charge is 1.80. The number of rotatable bonds is 2. The number of hydrogen-bond donors (Lipinski definition) is 0. The molecular formula is C14H20BrClP2. The summed E-state index contributed by atoms with van der Waals surface area (Å²) in [5.74, 6) is 0. The van der Waals surface area contributed by atoms with Gasteiger partial charge in [0.2, 0.25) is 0 Å². The molecule has 0 saturated heterocycles. The van der Waals surface area contributed by atoms with Crippen molar-refractivity contribution in [1.82, 2.24) is 0 Å². The summed E-state index contributed by atoms with van der Waals surface area (Å²) in [6.45, 7) is 0. The Morgan fingerprint density at radius 1 is 0.611 bits per heavy atom. The van der Waals surface area contributed by atoms with Gasteiger partial charge in [0, 0.05) is 0 Å². The van der Waals surface area contributed by atoms with E-state index in [2.05, 4.69) is 67.0 Å². The largest absolute Gasteiger partial charge is 0.147 e. The molecule has 0 aliphatic carbocycles. The molecule has 0 bridgehead atoms. The summed E-state index contributed by atoms with van der Waals surface area (Å²) >= 11 is 0. The first-order chi connectivity index (χ1) is 7.86. The monoisotopic (exact) mass is 364 g/mol. The minimum absolute atomic E-state index is 0. The maximum atomic E-state index is 2.69. The molecular weight excluding hydrogens is 345 g/mol. The van der Waals surface area contributed by atoms with Crippen LogP contribution in [0.25, 0.3) is 0 Å². The van der Waals surface area contributed by atoms with E-state index in [9.17, 15) is 0 Å². The molecule has 0 fully saturated rings. The van der Waals surface area contributed by atoms with Gasteiger partial charge in [0.15, 0.2) is 0 Å². The lowest BCUT2D eigenvalue weighted by Gasteiger charge is -1.89. The molecule has 2 atom stereocenters. The van der Waals surface area contributed by atoms with E-state index in [0.717, 1.165) is 12.3 Å². The van der Waals surface area contributed by atoms with Crippen LogP contribution in [0.5, 0.6) is 0 Å². The minimum Gasteiger partial charge on any atom is -0.147 e. The van der Waals surface area contributed by atoms with Crippen molar-refractivity contribution >= 4 is 47.9 Å². The van der Waals surface area contributed by atoms with Crippen LogP contribution in [0.4, 0.5) is 0 Å². The van der Waals surface area contributed by atoms with Gasteiger partial charge in [0.05, 0.1) is 0 Å². The second-order valence-electron chi connectivity index (χ2n) is 3.38. The average Bonchev–Trinajstić information content (AvgIpc) is 2.41. The summed E-state index contributed by atoms with van der Waals surface area (Å²) in [4.78, 5) is 0. The van der Waals surface area contributed by atoms with Crippen LogP contribution in [0.3, 0.4) is 0 Å². The van der Waals surface area contributed by atoms with Gasteiger partial charge in [-0.25, -0.2) is 0 Å². The van der Waals surface area contributed by atoms with Crippen molar-refractivity contribution < 1.29 is 0 Å². The zero-order chi connectivity index (χ0) is 11.6. The average molecular weight is 366 g/mol. The van der Waals surface area contributed by atoms with Gasteiger partial charge in [-0.15, -0.1) is 47.9 Å². The molecule has 100 valence electrons. The van der Waals surface area contributed by atoms with E-state index in [0.29, 0.717) is 0 Å². The maximum Gasteiger partial charge on any atom is -0.0128 e. The van der Waals surface area contributed by atoms with Crippen molar-refractivity contribution in [3.05, 3.63) is 71.8 Å². The van der Waals surface area contributed by atoms with Crippen molar-refractivity contribution in [2.45, 2.75) is 12.3 Å². The van der Waals surface area contributed by atoms with Crippen LogP contribution in [0, 0.1) is 0 Å². The molecule has 0 aliphatic rings. The second kappa shape index (κ2) is 13.5. The molecule has 4 heteroatoms. The molecule has 0 nitrogen and oxygen atoms in total. The molecule has 2 rings (SSSR count). The standard InChI is InChI=1S/2C7H9P.BrH.ClH/c2*8-6-7-4-2-1-3-5-7;;/h2*1-5H,6,8H2;2*1H. The van der Waals surface area contributed by atoms with Crippen LogP contribution < -0.4 is 0 Å². The van der Waals surface area contributed by atoms with Gasteiger partial charge in [0.25, 0.3) is 0 Å². The number of benzene rings is 2. The molecule has 0 spiro atoms. The molecule has 0 amide bonds. The first-order valence-electron chi connectivity index (χ1n) is 5.34. The van der Waals surface area contributed by atoms with Crippen LogP contribution in [0.2, 0.25) is 0 Å². The molecule has 0 saturated carbocycles. The van der Waals surface area contributed by atoms with E-state index in [-0.39, 0.29) is 29.4 Å². The number of halogens is 2. The Labute approximate surface area is 132 Å². The molecule has 0 heterocycles. The fourth-order valence-corrected chi connectivity index (χ4v) is 1.77. The van der Waals surface area contributed by atoms with Gasteiger partial charge in [-0.3, -0.25) is 0 Å². The third kappa shape index (κ3) is 9.06. The highest BCUT2D eigenvalue weighted by Crippen LogP contribution is 2.03. The molecule has 0 radical (unpaired) electrons. The van der Waals surface area contributed by atoms with Crippen molar-refractivity contribution in [2.24, 2.45) is 0 Å². The minimum atomic E-state index is 0. The highest BCUT2D eigenvalue weighted by molar-refractivity contribution is 8.93. The van der Waals surface area contributed by atoms with Gasteiger partial charge in [-0.05, 0) is 23.5 Å². The van der Waals surface area contributed by atoms with E-state index in [1.54, 1.807) is 0 Å². The molecule has 2 unspecified atom stereocenters. The topological polar surface area (TPSA) is 0 Å². The van der Waals surface area contributed by atoms with Crippen LogP contribution in [0.1, 0.15) is 11.1 Å². The summed E-state index contributed by atoms with van der Waals surface area (Å²) in [5, 5.41) is 0. The van der Waals surface area contributed by atoms with Crippen LogP contribution in [-0.2, 0) is 12.3 Å². The third-order valence-electron chi connectivity index (χ3n) is 2.16. The van der Waals surface area contributed by atoms with Gasteiger partial charge < -0.3 is 0 Å². The van der Waals surface area contributed by atoms with E-state index >= 15 is 0 Å². The van der Waals surface area contributed by atoms with Crippen molar-refractivity contribution in [1.29, 1.82) is 0 Å². The van der Waals surface area contributed by atoms with Crippen LogP contribution >= 0.6 is 47.9 Å². The normalized spacial score (nSPS) is 8.11. The van der Waals surface area contributed by atoms with Crippen LogP contribution in [-0.4, -0.2) is 0 Å². The smallest absolute Gasteiger partial charge is 0.0128 e. The Kier molecular flexibility index (Phi) is 15.3. The lowest BCUT2D eigenvalue weighted by Crippen LogP contribution is -1.70. The predicted octanol–water partition coefficient (Wildman–Crippen LogP) is 5.12. The van der Waals surface area contributed by atoms with E-state index in [1.807, 2.05) is 12.1 Å². The lowest BCUT2D eigenvalue weighted by molar-refractivity contribution is 1.42. The fourth-order valence-electron chi connectivity index (χ4n) is 1.23. The van der Waals surface area contributed by atoms with E-state index < -0.39 is 0 Å². The van der Waals surface area contributed by atoms with Gasteiger partial charge in [0.1, 0.15) is 0 Å². The Balaban J connectivity index is 0. The quantitative estimate of drug-likeness (QED) is 0.648. The summed E-state index contributed by atoms with van der Waals surface area (Å²) in [7, 11) is 5.39. The van der Waals surface area contributed by atoms with Crippen LogP contribution in [0.15, 0.2) is 60.7 Å². The summed E-state index contributed by atoms with van der Waals surface area (Å²) < 4.78 is 0. The zero-order valence-corrected chi connectivity index (χ0v) is 15.0. The molecule has 0 N–H and O–H groups in total. The second-order valence-corrected chi connectivity index (χ2v) is 4.20. The summed E-state index contributed by atoms with van der Waals surface area (Å²) in [5.41, 5.74) is 2.75. The predicted molar refractivity (Wildman–Crippen MR) is 97.3 cm³/mol. The van der Waals surface area contributed by atoms with Crippen molar-refractivity contribution in [2.75, 3.05) is 0 Å². The third-order valence-corrected chi connectivity index (χ3v) is 3.10. The zero-order valence-electron chi connectivity index (χ0n) is 10.2. The van der Waals surface area contributed by atoms with Crippen molar-refractivity contribution in [3.63, 3.8) is 0 Å². The Bertz CT molecular complexity index is 342. The highest BCUT2D eigenvalue weighted by atomic mass is 79.9.